The van der Waals surface area contributed by atoms with Crippen molar-refractivity contribution in [2.45, 2.75) is 52.2 Å². The quantitative estimate of drug-likeness (QED) is 0.470. The highest BCUT2D eigenvalue weighted by molar-refractivity contribution is 6.06. The van der Waals surface area contributed by atoms with Crippen LogP contribution in [-0.2, 0) is 11.3 Å². The summed E-state index contributed by atoms with van der Waals surface area (Å²) in [5.41, 5.74) is 3.01. The number of ketones is 1. The molecule has 1 saturated carbocycles. The average molecular weight is 415 g/mol. The molecular formula is C24H25N5O2. The van der Waals surface area contributed by atoms with Gasteiger partial charge in [-0.15, -0.1) is 6.58 Å². The Morgan fingerprint density at radius 3 is 2.61 bits per heavy atom. The largest absolute Gasteiger partial charge is 0.334 e. The topological polar surface area (TPSA) is 81.0 Å². The lowest BCUT2D eigenvalue weighted by atomic mass is 10.0. The van der Waals surface area contributed by atoms with Crippen LogP contribution in [0.1, 0.15) is 43.0 Å². The number of fused-ring (bicyclic) bond motifs is 2. The van der Waals surface area contributed by atoms with Crippen LogP contribution >= 0.6 is 0 Å². The molecular weight excluding hydrogens is 390 g/mol. The van der Waals surface area contributed by atoms with Gasteiger partial charge in [-0.1, -0.05) is 12.1 Å². The van der Waals surface area contributed by atoms with E-state index < -0.39 is 0 Å². The molecule has 7 heteroatoms. The summed E-state index contributed by atoms with van der Waals surface area (Å²) in [5.74, 6) is 0.609. The van der Waals surface area contributed by atoms with Gasteiger partial charge in [-0.3, -0.25) is 14.3 Å². The second kappa shape index (κ2) is 6.83. The summed E-state index contributed by atoms with van der Waals surface area (Å²) in [7, 11) is 0. The zero-order valence-corrected chi connectivity index (χ0v) is 18.0. The Balaban J connectivity index is 1.49. The molecule has 0 bridgehead atoms. The number of piperidine rings is 1. The molecule has 2 aliphatic rings. The number of hydrogen-bond donors (Lipinski definition) is 0. The predicted octanol–water partition coefficient (Wildman–Crippen LogP) is 3.57. The van der Waals surface area contributed by atoms with Crippen molar-refractivity contribution < 1.29 is 9.59 Å². The maximum absolute atomic E-state index is 13.2. The van der Waals surface area contributed by atoms with Gasteiger partial charge in [0.25, 0.3) is 0 Å². The SMILES string of the molecule is C=C[C@@]12C[C@@H](C)N(C(=O)Cn3nc(C(C)=O)c4cc(-c5cnc(C)nc5)ccc43)[C@@H]1C2. The number of amides is 1. The molecule has 31 heavy (non-hydrogen) atoms. The Kier molecular flexibility index (Phi) is 4.32. The standard InChI is InChI=1S/C24H25N5O2/c1-5-24-9-14(2)29(21(24)10-24)22(31)13-28-20-7-6-17(18-11-25-16(4)26-12-18)8-19(20)23(27-28)15(3)30/h5-8,11-12,14,21H,1,9-10,13H2,2-4H3/t14-,21-,24+/m1/s1. The van der Waals surface area contributed by atoms with Gasteiger partial charge in [-0.25, -0.2) is 9.97 Å². The van der Waals surface area contributed by atoms with Crippen LogP contribution in [0.15, 0.2) is 43.2 Å². The van der Waals surface area contributed by atoms with Crippen molar-refractivity contribution in [3.8, 4) is 11.1 Å². The molecule has 0 spiro atoms. The van der Waals surface area contributed by atoms with Crippen LogP contribution in [0.4, 0.5) is 0 Å². The highest BCUT2D eigenvalue weighted by atomic mass is 16.2. The number of Topliss-reactive ketones (excluding diaryl/α,β-unsaturated/α-hetero) is 1. The zero-order chi connectivity index (χ0) is 21.9. The summed E-state index contributed by atoms with van der Waals surface area (Å²) in [6.07, 6.45) is 7.50. The molecule has 1 saturated heterocycles. The fraction of sp³-hybridized carbons (Fsp3) is 0.375. The molecule has 7 nitrogen and oxygen atoms in total. The zero-order valence-electron chi connectivity index (χ0n) is 18.0. The molecule has 0 radical (unpaired) electrons. The van der Waals surface area contributed by atoms with E-state index in [1.165, 1.54) is 6.92 Å². The minimum atomic E-state index is -0.129. The van der Waals surface area contributed by atoms with E-state index in [-0.39, 0.29) is 35.7 Å². The summed E-state index contributed by atoms with van der Waals surface area (Å²) in [6.45, 7) is 9.51. The van der Waals surface area contributed by atoms with Gasteiger partial charge in [-0.2, -0.15) is 5.10 Å². The van der Waals surface area contributed by atoms with Crippen molar-refractivity contribution in [2.24, 2.45) is 5.41 Å². The predicted molar refractivity (Wildman–Crippen MR) is 117 cm³/mol. The first-order valence-corrected chi connectivity index (χ1v) is 10.6. The third-order valence-corrected chi connectivity index (χ3v) is 6.74. The van der Waals surface area contributed by atoms with Crippen molar-refractivity contribution in [3.05, 3.63) is 54.8 Å². The molecule has 2 fully saturated rings. The lowest BCUT2D eigenvalue weighted by Crippen LogP contribution is -2.39. The number of benzene rings is 1. The van der Waals surface area contributed by atoms with Crippen molar-refractivity contribution >= 4 is 22.6 Å². The van der Waals surface area contributed by atoms with Gasteiger partial charge in [0.2, 0.25) is 5.91 Å². The molecule has 1 aliphatic heterocycles. The normalized spacial score (nSPS) is 24.3. The van der Waals surface area contributed by atoms with Crippen molar-refractivity contribution in [1.29, 1.82) is 0 Å². The van der Waals surface area contributed by atoms with Gasteiger partial charge in [0.05, 0.1) is 5.52 Å². The maximum atomic E-state index is 13.2. The molecule has 1 aromatic carbocycles. The van der Waals surface area contributed by atoms with Crippen LogP contribution in [0.25, 0.3) is 22.0 Å². The van der Waals surface area contributed by atoms with E-state index in [0.29, 0.717) is 11.5 Å². The summed E-state index contributed by atoms with van der Waals surface area (Å²) < 4.78 is 1.66. The van der Waals surface area contributed by atoms with Crippen LogP contribution in [0.3, 0.4) is 0 Å². The number of rotatable bonds is 5. The third kappa shape index (κ3) is 3.07. The van der Waals surface area contributed by atoms with Crippen molar-refractivity contribution in [3.63, 3.8) is 0 Å². The molecule has 1 amide bonds. The first-order valence-electron chi connectivity index (χ1n) is 10.6. The molecule has 3 atom stereocenters. The van der Waals surface area contributed by atoms with Gasteiger partial charge >= 0.3 is 0 Å². The second-order valence-corrected chi connectivity index (χ2v) is 8.82. The third-order valence-electron chi connectivity index (χ3n) is 6.74. The molecule has 3 aromatic rings. The molecule has 1 aliphatic carbocycles. The van der Waals surface area contributed by atoms with Gasteiger partial charge < -0.3 is 4.90 Å². The summed E-state index contributed by atoms with van der Waals surface area (Å²) in [4.78, 5) is 36.0. The summed E-state index contributed by atoms with van der Waals surface area (Å²) in [6, 6.07) is 6.22. The number of hydrogen-bond acceptors (Lipinski definition) is 5. The summed E-state index contributed by atoms with van der Waals surface area (Å²) in [5, 5.41) is 5.25. The number of aryl methyl sites for hydroxylation is 1. The summed E-state index contributed by atoms with van der Waals surface area (Å²) >= 11 is 0. The van der Waals surface area contributed by atoms with Gasteiger partial charge in [0, 0.05) is 47.8 Å². The van der Waals surface area contributed by atoms with Gasteiger partial charge in [0.15, 0.2) is 5.78 Å². The Morgan fingerprint density at radius 1 is 1.23 bits per heavy atom. The lowest BCUT2D eigenvalue weighted by Gasteiger charge is -2.24. The van der Waals surface area contributed by atoms with Crippen LogP contribution in [0.2, 0.25) is 0 Å². The van der Waals surface area contributed by atoms with E-state index in [2.05, 4.69) is 28.6 Å². The minimum absolute atomic E-state index is 0.0363. The monoisotopic (exact) mass is 415 g/mol. The van der Waals surface area contributed by atoms with E-state index in [1.54, 1.807) is 17.1 Å². The number of nitrogens with zero attached hydrogens (tertiary/aromatic N) is 5. The molecule has 2 aromatic heterocycles. The average Bonchev–Trinajstić information content (AvgIpc) is 3.19. The van der Waals surface area contributed by atoms with Crippen LogP contribution in [0.5, 0.6) is 0 Å². The second-order valence-electron chi connectivity index (χ2n) is 8.82. The Bertz CT molecular complexity index is 1230. The Morgan fingerprint density at radius 2 is 1.97 bits per heavy atom. The molecule has 3 heterocycles. The van der Waals surface area contributed by atoms with E-state index in [0.717, 1.165) is 34.9 Å². The number of aromatic nitrogens is 4. The van der Waals surface area contributed by atoms with Crippen LogP contribution < -0.4 is 0 Å². The fourth-order valence-corrected chi connectivity index (χ4v) is 5.06. The Labute approximate surface area is 180 Å². The Hall–Kier alpha value is -3.35. The van der Waals surface area contributed by atoms with E-state index in [4.69, 9.17) is 0 Å². The molecule has 5 rings (SSSR count). The van der Waals surface area contributed by atoms with Gasteiger partial charge in [-0.05, 0) is 44.4 Å². The number of carbonyl (C=O) groups excluding carboxylic acids is 2. The first kappa shape index (κ1) is 19.6. The number of carbonyl (C=O) groups is 2. The smallest absolute Gasteiger partial charge is 0.244 e. The fourth-order valence-electron chi connectivity index (χ4n) is 5.06. The molecule has 158 valence electrons. The van der Waals surface area contributed by atoms with E-state index in [1.807, 2.05) is 36.1 Å². The molecule has 0 N–H and O–H groups in total. The van der Waals surface area contributed by atoms with E-state index >= 15 is 0 Å². The van der Waals surface area contributed by atoms with Crippen LogP contribution in [-0.4, -0.2) is 48.4 Å². The van der Waals surface area contributed by atoms with Crippen molar-refractivity contribution in [1.82, 2.24) is 24.6 Å². The number of likely N-dealkylation sites (tertiary alicyclic amines) is 1. The van der Waals surface area contributed by atoms with Crippen molar-refractivity contribution in [2.75, 3.05) is 0 Å². The highest BCUT2D eigenvalue weighted by Gasteiger charge is 2.62. The minimum Gasteiger partial charge on any atom is -0.334 e. The van der Waals surface area contributed by atoms with Crippen LogP contribution in [0, 0.1) is 12.3 Å². The highest BCUT2D eigenvalue weighted by Crippen LogP contribution is 2.60. The van der Waals surface area contributed by atoms with Gasteiger partial charge in [0.1, 0.15) is 18.1 Å². The lowest BCUT2D eigenvalue weighted by molar-refractivity contribution is -0.133. The maximum Gasteiger partial charge on any atom is 0.244 e. The van der Waals surface area contributed by atoms with E-state index in [9.17, 15) is 9.59 Å². The first-order chi connectivity index (χ1) is 14.8. The molecule has 0 unspecified atom stereocenters.